The molecule has 0 aromatic carbocycles. The van der Waals surface area contributed by atoms with Crippen LogP contribution in [0.2, 0.25) is 0 Å². The predicted octanol–water partition coefficient (Wildman–Crippen LogP) is 0.574. The maximum Gasteiger partial charge on any atom is 0.211 e. The average Bonchev–Trinajstić information content (AvgIpc) is 2.46. The second-order valence-electron chi connectivity index (χ2n) is 5.43. The molecule has 1 fully saturated rings. The first-order valence-electron chi connectivity index (χ1n) is 7.34. The molecule has 2 rings (SSSR count). The van der Waals surface area contributed by atoms with Crippen molar-refractivity contribution in [2.24, 2.45) is 5.73 Å². The van der Waals surface area contributed by atoms with E-state index in [4.69, 9.17) is 5.73 Å². The van der Waals surface area contributed by atoms with Crippen molar-refractivity contribution in [1.82, 2.24) is 9.29 Å². The van der Waals surface area contributed by atoms with Gasteiger partial charge in [-0.3, -0.25) is 0 Å². The summed E-state index contributed by atoms with van der Waals surface area (Å²) < 4.78 is 24.6. The number of hydrogen-bond acceptors (Lipinski definition) is 5. The second-order valence-corrected chi connectivity index (χ2v) is 7.41. The Labute approximate surface area is 127 Å². The molecule has 0 saturated carbocycles. The number of hydrogen-bond donors (Lipinski definition) is 1. The first kappa shape index (κ1) is 16.2. The normalized spacial score (nSPS) is 17.2. The highest BCUT2D eigenvalue weighted by Gasteiger charge is 2.24. The van der Waals surface area contributed by atoms with Crippen LogP contribution in [0.4, 0.5) is 5.82 Å². The number of sulfonamides is 1. The largest absolute Gasteiger partial charge is 0.354 e. The first-order valence-corrected chi connectivity index (χ1v) is 9.19. The van der Waals surface area contributed by atoms with Gasteiger partial charge in [-0.2, -0.15) is 4.31 Å². The first-order chi connectivity index (χ1) is 9.94. The molecule has 1 aromatic rings. The van der Waals surface area contributed by atoms with Crippen LogP contribution in [0.1, 0.15) is 24.6 Å². The van der Waals surface area contributed by atoms with Crippen molar-refractivity contribution in [3.63, 3.8) is 0 Å². The molecule has 118 valence electrons. The Morgan fingerprint density at radius 2 is 1.90 bits per heavy atom. The molecule has 1 saturated heterocycles. The maximum atomic E-state index is 11.5. The van der Waals surface area contributed by atoms with Crippen molar-refractivity contribution in [2.75, 3.05) is 37.3 Å². The minimum atomic E-state index is -3.09. The molecule has 0 aliphatic carbocycles. The lowest BCUT2D eigenvalue weighted by Crippen LogP contribution is -2.48. The van der Waals surface area contributed by atoms with Gasteiger partial charge in [-0.1, -0.05) is 13.3 Å². The van der Waals surface area contributed by atoms with Gasteiger partial charge < -0.3 is 10.6 Å². The van der Waals surface area contributed by atoms with E-state index in [1.165, 1.54) is 10.6 Å². The Balaban J connectivity index is 2.14. The van der Waals surface area contributed by atoms with Crippen LogP contribution in [-0.2, 0) is 23.0 Å². The summed E-state index contributed by atoms with van der Waals surface area (Å²) in [4.78, 5) is 6.82. The molecular formula is C14H24N4O2S. The highest BCUT2D eigenvalue weighted by Crippen LogP contribution is 2.18. The third-order valence-corrected chi connectivity index (χ3v) is 5.00. The van der Waals surface area contributed by atoms with Crippen molar-refractivity contribution in [3.8, 4) is 0 Å². The summed E-state index contributed by atoms with van der Waals surface area (Å²) in [6, 6.07) is 4.06. The summed E-state index contributed by atoms with van der Waals surface area (Å²) in [7, 11) is -3.09. The Morgan fingerprint density at radius 3 is 2.43 bits per heavy atom. The van der Waals surface area contributed by atoms with Crippen molar-refractivity contribution in [1.29, 1.82) is 0 Å². The van der Waals surface area contributed by atoms with Gasteiger partial charge in [0, 0.05) is 38.4 Å². The van der Waals surface area contributed by atoms with Crippen molar-refractivity contribution < 1.29 is 8.42 Å². The monoisotopic (exact) mass is 312 g/mol. The van der Waals surface area contributed by atoms with Gasteiger partial charge in [-0.15, -0.1) is 0 Å². The lowest BCUT2D eigenvalue weighted by molar-refractivity contribution is 0.387. The van der Waals surface area contributed by atoms with Gasteiger partial charge in [0.2, 0.25) is 10.0 Å². The average molecular weight is 312 g/mol. The molecule has 1 aromatic heterocycles. The second kappa shape index (κ2) is 6.72. The third kappa shape index (κ3) is 4.15. The van der Waals surface area contributed by atoms with Crippen LogP contribution >= 0.6 is 0 Å². The zero-order valence-corrected chi connectivity index (χ0v) is 13.6. The van der Waals surface area contributed by atoms with E-state index in [0.717, 1.165) is 29.9 Å². The molecule has 0 atom stereocenters. The highest BCUT2D eigenvalue weighted by atomic mass is 32.2. The summed E-state index contributed by atoms with van der Waals surface area (Å²) in [5, 5.41) is 0. The number of aryl methyl sites for hydroxylation is 1. The van der Waals surface area contributed by atoms with Crippen LogP contribution < -0.4 is 10.6 Å². The van der Waals surface area contributed by atoms with Gasteiger partial charge >= 0.3 is 0 Å². The van der Waals surface area contributed by atoms with Crippen molar-refractivity contribution in [3.05, 3.63) is 23.4 Å². The van der Waals surface area contributed by atoms with Crippen molar-refractivity contribution in [2.45, 2.75) is 26.3 Å². The SMILES string of the molecule is CCCc1cc(CN)cc(N2CCN(S(C)(=O)=O)CC2)n1. The van der Waals surface area contributed by atoms with E-state index in [1.54, 1.807) is 0 Å². The summed E-state index contributed by atoms with van der Waals surface area (Å²) >= 11 is 0. The van der Waals surface area contributed by atoms with Gasteiger partial charge in [-0.05, 0) is 24.1 Å². The number of aromatic nitrogens is 1. The van der Waals surface area contributed by atoms with Gasteiger partial charge in [0.1, 0.15) is 5.82 Å². The standard InChI is InChI=1S/C14H24N4O2S/c1-3-4-13-9-12(11-15)10-14(16-13)17-5-7-18(8-6-17)21(2,19)20/h9-10H,3-8,11,15H2,1-2H3. The van der Waals surface area contributed by atoms with Crippen LogP contribution in [0, 0.1) is 0 Å². The van der Waals surface area contributed by atoms with Crippen LogP contribution in [0.15, 0.2) is 12.1 Å². The lowest BCUT2D eigenvalue weighted by Gasteiger charge is -2.34. The summed E-state index contributed by atoms with van der Waals surface area (Å²) in [5.41, 5.74) is 7.89. The van der Waals surface area contributed by atoms with Crippen LogP contribution in [0.25, 0.3) is 0 Å². The Morgan fingerprint density at radius 1 is 1.24 bits per heavy atom. The van der Waals surface area contributed by atoms with E-state index in [0.29, 0.717) is 32.7 Å². The molecule has 21 heavy (non-hydrogen) atoms. The van der Waals surface area contributed by atoms with Gasteiger partial charge in [0.05, 0.1) is 6.26 Å². The number of anilines is 1. The quantitative estimate of drug-likeness (QED) is 0.860. The lowest BCUT2D eigenvalue weighted by atomic mass is 10.1. The van der Waals surface area contributed by atoms with Gasteiger partial charge in [-0.25, -0.2) is 13.4 Å². The topological polar surface area (TPSA) is 79.5 Å². The number of pyridine rings is 1. The number of piperazine rings is 1. The van der Waals surface area contributed by atoms with Crippen LogP contribution in [0.3, 0.4) is 0 Å². The van der Waals surface area contributed by atoms with E-state index in [9.17, 15) is 8.42 Å². The van der Waals surface area contributed by atoms with E-state index in [-0.39, 0.29) is 0 Å². The number of rotatable bonds is 5. The zero-order valence-electron chi connectivity index (χ0n) is 12.7. The van der Waals surface area contributed by atoms with E-state index < -0.39 is 10.0 Å². The van der Waals surface area contributed by atoms with E-state index >= 15 is 0 Å². The minimum Gasteiger partial charge on any atom is -0.354 e. The Kier molecular flexibility index (Phi) is 5.18. The molecule has 7 heteroatoms. The molecule has 0 radical (unpaired) electrons. The van der Waals surface area contributed by atoms with Crippen LogP contribution in [-0.4, -0.2) is 50.1 Å². The van der Waals surface area contributed by atoms with Crippen molar-refractivity contribution >= 4 is 15.8 Å². The zero-order chi connectivity index (χ0) is 15.5. The van der Waals surface area contributed by atoms with Gasteiger partial charge in [0.25, 0.3) is 0 Å². The minimum absolute atomic E-state index is 0.496. The van der Waals surface area contributed by atoms with E-state index in [1.807, 2.05) is 6.07 Å². The summed E-state index contributed by atoms with van der Waals surface area (Å²) in [6.07, 6.45) is 3.24. The molecule has 0 bridgehead atoms. The predicted molar refractivity (Wildman–Crippen MR) is 84.8 cm³/mol. The number of nitrogens with two attached hydrogens (primary N) is 1. The fourth-order valence-corrected chi connectivity index (χ4v) is 3.37. The molecule has 6 nitrogen and oxygen atoms in total. The van der Waals surface area contributed by atoms with E-state index in [2.05, 4.69) is 22.9 Å². The Bertz CT molecular complexity index is 581. The smallest absolute Gasteiger partial charge is 0.211 e. The molecule has 1 aliphatic rings. The summed E-state index contributed by atoms with van der Waals surface area (Å²) in [5.74, 6) is 0.912. The fraction of sp³-hybridized carbons (Fsp3) is 0.643. The Hall–Kier alpha value is -1.18. The molecule has 2 N–H and O–H groups in total. The highest BCUT2D eigenvalue weighted by molar-refractivity contribution is 7.88. The number of nitrogens with zero attached hydrogens (tertiary/aromatic N) is 3. The maximum absolute atomic E-state index is 11.5. The molecular weight excluding hydrogens is 288 g/mol. The van der Waals surface area contributed by atoms with Crippen LogP contribution in [0.5, 0.6) is 0 Å². The molecule has 0 unspecified atom stereocenters. The molecule has 1 aliphatic heterocycles. The van der Waals surface area contributed by atoms with Gasteiger partial charge in [0.15, 0.2) is 0 Å². The third-order valence-electron chi connectivity index (χ3n) is 3.70. The fourth-order valence-electron chi connectivity index (χ4n) is 2.55. The summed E-state index contributed by atoms with van der Waals surface area (Å²) in [6.45, 7) is 4.98. The molecule has 0 amide bonds. The molecule has 0 spiro atoms. The molecule has 2 heterocycles.